The lowest BCUT2D eigenvalue weighted by atomic mass is 10.1. The molecule has 0 fully saturated rings. The van der Waals surface area contributed by atoms with Gasteiger partial charge in [-0.1, -0.05) is 12.7 Å². The van der Waals surface area contributed by atoms with E-state index in [-0.39, 0.29) is 6.23 Å². The van der Waals surface area contributed by atoms with Crippen LogP contribution < -0.4 is 0 Å². The molecule has 0 saturated carbocycles. The summed E-state index contributed by atoms with van der Waals surface area (Å²) in [5.74, 6) is 0.757. The molecule has 0 radical (unpaired) electrons. The quantitative estimate of drug-likeness (QED) is 0.430. The molecule has 0 aromatic rings. The summed E-state index contributed by atoms with van der Waals surface area (Å²) >= 11 is 0. The lowest BCUT2D eigenvalue weighted by molar-refractivity contribution is -0.948. The predicted octanol–water partition coefficient (Wildman–Crippen LogP) is 2.31. The molecule has 0 bridgehead atoms. The fraction of sp³-hybridized carbons (Fsp3) is 0.583. The third-order valence-electron chi connectivity index (χ3n) is 3.03. The molecule has 0 spiro atoms. The molecule has 0 aromatic heterocycles. The lowest BCUT2D eigenvalue weighted by Gasteiger charge is -2.41. The van der Waals surface area contributed by atoms with Crippen LogP contribution in [0.15, 0.2) is 24.0 Å². The summed E-state index contributed by atoms with van der Waals surface area (Å²) in [6.07, 6.45) is 4.71. The van der Waals surface area contributed by atoms with Crippen LogP contribution in [0.25, 0.3) is 0 Å². The van der Waals surface area contributed by atoms with Gasteiger partial charge in [0.15, 0.2) is 0 Å². The highest BCUT2D eigenvalue weighted by molar-refractivity contribution is 5.76. The van der Waals surface area contributed by atoms with Crippen LogP contribution in [-0.2, 0) is 4.74 Å². The molecular formula is C12H21N2O+. The van der Waals surface area contributed by atoms with Crippen molar-refractivity contribution in [1.82, 2.24) is 0 Å². The third-order valence-corrected chi connectivity index (χ3v) is 3.03. The number of nitrogens with one attached hydrogen (secondary N) is 1. The van der Waals surface area contributed by atoms with E-state index in [2.05, 4.69) is 26.6 Å². The number of hydrogen-bond donors (Lipinski definition) is 1. The maximum absolute atomic E-state index is 7.29. The van der Waals surface area contributed by atoms with E-state index in [1.165, 1.54) is 6.21 Å². The van der Waals surface area contributed by atoms with Crippen LogP contribution in [0.4, 0.5) is 0 Å². The van der Waals surface area contributed by atoms with Gasteiger partial charge < -0.3 is 10.1 Å². The molecule has 3 heteroatoms. The molecule has 1 heterocycles. The normalized spacial score (nSPS) is 27.8. The minimum Gasteiger partial charge on any atom is -0.448 e. The first-order valence-corrected chi connectivity index (χ1v) is 5.34. The Hall–Kier alpha value is -1.09. The Morgan fingerprint density at radius 1 is 1.73 bits per heavy atom. The van der Waals surface area contributed by atoms with Gasteiger partial charge in [-0.25, -0.2) is 0 Å². The smallest absolute Gasteiger partial charge is 0.230 e. The number of allylic oxidation sites excluding steroid dienone is 1. The van der Waals surface area contributed by atoms with Gasteiger partial charge in [-0.2, -0.15) is 0 Å². The topological polar surface area (TPSA) is 33.1 Å². The van der Waals surface area contributed by atoms with Crippen molar-refractivity contribution in [3.05, 3.63) is 24.0 Å². The molecule has 84 valence electrons. The Labute approximate surface area is 92.1 Å². The zero-order chi connectivity index (χ0) is 11.5. The monoisotopic (exact) mass is 209 g/mol. The predicted molar refractivity (Wildman–Crippen MR) is 62.8 cm³/mol. The zero-order valence-electron chi connectivity index (χ0n) is 9.92. The fourth-order valence-corrected chi connectivity index (χ4v) is 1.94. The Kier molecular flexibility index (Phi) is 3.69. The van der Waals surface area contributed by atoms with E-state index in [4.69, 9.17) is 10.1 Å². The van der Waals surface area contributed by atoms with Crippen LogP contribution in [0.2, 0.25) is 0 Å². The highest BCUT2D eigenvalue weighted by Gasteiger charge is 2.32. The van der Waals surface area contributed by atoms with Crippen LogP contribution in [0.1, 0.15) is 20.3 Å². The first-order chi connectivity index (χ1) is 6.98. The lowest BCUT2D eigenvalue weighted by Crippen LogP contribution is -2.54. The number of quaternary nitrogens is 1. The second-order valence-corrected chi connectivity index (χ2v) is 4.49. The molecular weight excluding hydrogens is 188 g/mol. The van der Waals surface area contributed by atoms with Gasteiger partial charge in [-0.05, 0) is 6.92 Å². The number of nitrogens with zero attached hydrogens (tertiary/aromatic N) is 1. The van der Waals surface area contributed by atoms with Crippen molar-refractivity contribution in [3.63, 3.8) is 0 Å². The maximum Gasteiger partial charge on any atom is 0.230 e. The zero-order valence-corrected chi connectivity index (χ0v) is 9.92. The average molecular weight is 209 g/mol. The van der Waals surface area contributed by atoms with Gasteiger partial charge >= 0.3 is 0 Å². The first kappa shape index (κ1) is 12.0. The van der Waals surface area contributed by atoms with Crippen LogP contribution in [-0.4, -0.2) is 37.1 Å². The average Bonchev–Trinajstić information content (AvgIpc) is 2.16. The van der Waals surface area contributed by atoms with Crippen molar-refractivity contribution in [2.45, 2.75) is 26.5 Å². The van der Waals surface area contributed by atoms with E-state index in [0.717, 1.165) is 35.3 Å². The molecule has 1 aliphatic heterocycles. The Balaban J connectivity index is 2.70. The Morgan fingerprint density at radius 3 is 2.93 bits per heavy atom. The van der Waals surface area contributed by atoms with E-state index >= 15 is 0 Å². The van der Waals surface area contributed by atoms with Gasteiger partial charge in [0, 0.05) is 25.1 Å². The third kappa shape index (κ3) is 2.93. The van der Waals surface area contributed by atoms with Gasteiger partial charge in [0.1, 0.15) is 6.54 Å². The van der Waals surface area contributed by atoms with Crippen LogP contribution in [0.5, 0.6) is 0 Å². The Bertz CT molecular complexity index is 296. The standard InChI is InChI=1S/C12H21N2O/c1-10(2)15-11(3)14(4)7-5-6-12(8-13)9-14/h6,8,11,13H,1,5,7,9H2,2-4H3/q+1. The molecule has 2 atom stereocenters. The first-order valence-electron chi connectivity index (χ1n) is 5.34. The van der Waals surface area contributed by atoms with E-state index in [9.17, 15) is 0 Å². The van der Waals surface area contributed by atoms with E-state index in [1.807, 2.05) is 6.92 Å². The molecule has 1 aliphatic rings. The van der Waals surface area contributed by atoms with Gasteiger partial charge in [0.05, 0.1) is 19.4 Å². The number of likely N-dealkylation sites (N-methyl/N-ethyl adjacent to an activating group) is 1. The van der Waals surface area contributed by atoms with Crippen molar-refractivity contribution in [3.8, 4) is 0 Å². The van der Waals surface area contributed by atoms with Crippen LogP contribution in [0.3, 0.4) is 0 Å². The molecule has 1 N–H and O–H groups in total. The molecule has 2 unspecified atom stereocenters. The minimum absolute atomic E-state index is 0.103. The summed E-state index contributed by atoms with van der Waals surface area (Å²) in [4.78, 5) is 0. The molecule has 0 amide bonds. The summed E-state index contributed by atoms with van der Waals surface area (Å²) in [5.41, 5.74) is 1.10. The van der Waals surface area contributed by atoms with Crippen LogP contribution in [0, 0.1) is 5.41 Å². The van der Waals surface area contributed by atoms with Crippen LogP contribution >= 0.6 is 0 Å². The SMILES string of the molecule is C=C(C)OC(C)[N+]1(C)CCC=C(C=N)C1. The largest absolute Gasteiger partial charge is 0.448 e. The van der Waals surface area contributed by atoms with Crippen molar-refractivity contribution in [2.75, 3.05) is 20.1 Å². The van der Waals surface area contributed by atoms with Gasteiger partial charge in [0.25, 0.3) is 0 Å². The second kappa shape index (κ2) is 4.62. The minimum atomic E-state index is 0.103. The van der Waals surface area contributed by atoms with Gasteiger partial charge in [-0.3, -0.25) is 4.48 Å². The number of rotatable bonds is 4. The van der Waals surface area contributed by atoms with Crippen molar-refractivity contribution in [2.24, 2.45) is 0 Å². The molecule has 0 aromatic carbocycles. The maximum atomic E-state index is 7.29. The van der Waals surface area contributed by atoms with E-state index < -0.39 is 0 Å². The van der Waals surface area contributed by atoms with Crippen molar-refractivity contribution >= 4 is 6.21 Å². The number of hydrogen-bond acceptors (Lipinski definition) is 2. The highest BCUT2D eigenvalue weighted by atomic mass is 16.5. The molecule has 1 rings (SSSR count). The van der Waals surface area contributed by atoms with E-state index in [1.54, 1.807) is 0 Å². The summed E-state index contributed by atoms with van der Waals surface area (Å²) in [5, 5.41) is 7.29. The van der Waals surface area contributed by atoms with Crippen molar-refractivity contribution < 1.29 is 9.22 Å². The van der Waals surface area contributed by atoms with Crippen molar-refractivity contribution in [1.29, 1.82) is 5.41 Å². The molecule has 0 saturated heterocycles. The fourth-order valence-electron chi connectivity index (χ4n) is 1.94. The molecule has 15 heavy (non-hydrogen) atoms. The van der Waals surface area contributed by atoms with E-state index in [0.29, 0.717) is 0 Å². The second-order valence-electron chi connectivity index (χ2n) is 4.49. The molecule has 0 aliphatic carbocycles. The highest BCUT2D eigenvalue weighted by Crippen LogP contribution is 2.21. The Morgan fingerprint density at radius 2 is 2.40 bits per heavy atom. The van der Waals surface area contributed by atoms with Gasteiger partial charge in [-0.15, -0.1) is 0 Å². The summed E-state index contributed by atoms with van der Waals surface area (Å²) in [6.45, 7) is 9.65. The summed E-state index contributed by atoms with van der Waals surface area (Å²) < 4.78 is 6.49. The summed E-state index contributed by atoms with van der Waals surface area (Å²) in [7, 11) is 2.17. The van der Waals surface area contributed by atoms with Gasteiger partial charge in [0.2, 0.25) is 6.23 Å². The number of ether oxygens (including phenoxy) is 1. The summed E-state index contributed by atoms with van der Waals surface area (Å²) in [6, 6.07) is 0. The molecule has 3 nitrogen and oxygen atoms in total.